The molecule has 3 aromatic rings. The summed E-state index contributed by atoms with van der Waals surface area (Å²) in [5.41, 5.74) is 0.579. The molecule has 41 heavy (non-hydrogen) atoms. The maximum atomic E-state index is 14.3. The highest BCUT2D eigenvalue weighted by atomic mass is 35.5. The molecule has 2 saturated heterocycles. The summed E-state index contributed by atoms with van der Waals surface area (Å²) in [5, 5.41) is 10.5. The van der Waals surface area contributed by atoms with Crippen molar-refractivity contribution in [2.24, 2.45) is 0 Å². The van der Waals surface area contributed by atoms with Crippen molar-refractivity contribution in [3.8, 4) is 0 Å². The second-order valence-corrected chi connectivity index (χ2v) is 13.0. The Labute approximate surface area is 242 Å². The van der Waals surface area contributed by atoms with Crippen LogP contribution >= 0.6 is 11.6 Å². The van der Waals surface area contributed by atoms with Crippen LogP contribution in [-0.4, -0.2) is 82.1 Å². The van der Waals surface area contributed by atoms with Gasteiger partial charge in [-0.15, -0.1) is 11.6 Å². The Balaban J connectivity index is 1.61. The van der Waals surface area contributed by atoms with Gasteiger partial charge in [-0.05, 0) is 53.9 Å². The van der Waals surface area contributed by atoms with Gasteiger partial charge in [0.1, 0.15) is 24.1 Å². The molecular formula is C29H29ClFN3O6S. The third-order valence-electron chi connectivity index (χ3n) is 7.52. The lowest BCUT2D eigenvalue weighted by Crippen LogP contribution is -2.64. The monoisotopic (exact) mass is 601 g/mol. The predicted molar refractivity (Wildman–Crippen MR) is 150 cm³/mol. The second-order valence-electron chi connectivity index (χ2n) is 10.4. The number of amides is 2. The zero-order chi connectivity index (χ0) is 29.5. The minimum absolute atomic E-state index is 0.0179. The van der Waals surface area contributed by atoms with E-state index in [1.807, 2.05) is 12.1 Å². The molecule has 2 aliphatic rings. The molecule has 1 N–H and O–H groups in total. The lowest BCUT2D eigenvalue weighted by atomic mass is 10.00. The van der Waals surface area contributed by atoms with Gasteiger partial charge in [0.2, 0.25) is 21.8 Å². The molecule has 9 nitrogen and oxygen atoms in total. The van der Waals surface area contributed by atoms with E-state index < -0.39 is 63.7 Å². The van der Waals surface area contributed by atoms with Crippen LogP contribution in [0, 0.1) is 5.82 Å². The SMILES string of the molecule is CC(Cl)CN1C[C@H]2N(C(=O)[C@H](CCC(=O)O)N2S(=O)(=O)c2ccc3ccccc3c2)[C@@H](Cc2ccc(F)cc2)C1=O. The van der Waals surface area contributed by atoms with Gasteiger partial charge in [0.15, 0.2) is 0 Å². The maximum absolute atomic E-state index is 14.3. The summed E-state index contributed by atoms with van der Waals surface area (Å²) >= 11 is 6.25. The number of piperazine rings is 1. The van der Waals surface area contributed by atoms with E-state index in [9.17, 15) is 32.3 Å². The van der Waals surface area contributed by atoms with E-state index in [0.29, 0.717) is 10.9 Å². The van der Waals surface area contributed by atoms with Crippen molar-refractivity contribution in [3.63, 3.8) is 0 Å². The summed E-state index contributed by atoms with van der Waals surface area (Å²) in [5.74, 6) is -2.69. The van der Waals surface area contributed by atoms with Crippen LogP contribution < -0.4 is 0 Å². The first-order chi connectivity index (χ1) is 19.5. The minimum Gasteiger partial charge on any atom is -0.481 e. The third-order valence-corrected chi connectivity index (χ3v) is 9.56. The molecule has 0 aliphatic carbocycles. The average molecular weight is 602 g/mol. The first kappa shape index (κ1) is 29.0. The Morgan fingerprint density at radius 3 is 2.37 bits per heavy atom. The van der Waals surface area contributed by atoms with Crippen molar-refractivity contribution in [1.29, 1.82) is 0 Å². The number of aliphatic carboxylic acids is 1. The first-order valence-corrected chi connectivity index (χ1v) is 15.1. The van der Waals surface area contributed by atoms with Crippen LogP contribution in [0.3, 0.4) is 0 Å². The molecule has 0 radical (unpaired) electrons. The number of halogens is 2. The fourth-order valence-electron chi connectivity index (χ4n) is 5.69. The Kier molecular flexibility index (Phi) is 8.04. The summed E-state index contributed by atoms with van der Waals surface area (Å²) < 4.78 is 43.2. The van der Waals surface area contributed by atoms with E-state index in [2.05, 4.69) is 0 Å². The molecule has 216 valence electrons. The summed E-state index contributed by atoms with van der Waals surface area (Å²) in [6.07, 6.45) is -1.78. The molecule has 2 fully saturated rings. The van der Waals surface area contributed by atoms with Crippen molar-refractivity contribution in [3.05, 3.63) is 78.1 Å². The van der Waals surface area contributed by atoms with Gasteiger partial charge >= 0.3 is 5.97 Å². The number of benzene rings is 3. The number of hydrogen-bond acceptors (Lipinski definition) is 5. The molecule has 0 aromatic heterocycles. The van der Waals surface area contributed by atoms with Crippen LogP contribution in [0.15, 0.2) is 71.6 Å². The summed E-state index contributed by atoms with van der Waals surface area (Å²) in [7, 11) is -4.34. The first-order valence-electron chi connectivity index (χ1n) is 13.2. The number of carboxylic acids is 1. The number of alkyl halides is 1. The molecule has 2 amide bonds. The summed E-state index contributed by atoms with van der Waals surface area (Å²) in [6.45, 7) is 1.69. The van der Waals surface area contributed by atoms with E-state index in [1.165, 1.54) is 46.2 Å². The Hall–Kier alpha value is -3.54. The van der Waals surface area contributed by atoms with Crippen molar-refractivity contribution < 1.29 is 32.3 Å². The van der Waals surface area contributed by atoms with Gasteiger partial charge in [-0.25, -0.2) is 12.8 Å². The molecule has 2 heterocycles. The van der Waals surface area contributed by atoms with Gasteiger partial charge in [0, 0.05) is 24.8 Å². The highest BCUT2D eigenvalue weighted by Gasteiger charge is 2.58. The zero-order valence-electron chi connectivity index (χ0n) is 22.2. The van der Waals surface area contributed by atoms with Gasteiger partial charge in [-0.3, -0.25) is 14.4 Å². The Morgan fingerprint density at radius 2 is 1.71 bits per heavy atom. The number of sulfonamides is 1. The quantitative estimate of drug-likeness (QED) is 0.376. The number of nitrogens with zero attached hydrogens (tertiary/aromatic N) is 3. The topological polar surface area (TPSA) is 115 Å². The van der Waals surface area contributed by atoms with E-state index >= 15 is 0 Å². The van der Waals surface area contributed by atoms with Crippen molar-refractivity contribution in [1.82, 2.24) is 14.1 Å². The van der Waals surface area contributed by atoms with Gasteiger partial charge in [0.05, 0.1) is 11.4 Å². The zero-order valence-corrected chi connectivity index (χ0v) is 23.8. The van der Waals surface area contributed by atoms with Crippen molar-refractivity contribution in [2.45, 2.75) is 54.7 Å². The highest BCUT2D eigenvalue weighted by Crippen LogP contribution is 2.38. The molecule has 0 saturated carbocycles. The normalized spacial score (nSPS) is 22.3. The lowest BCUT2D eigenvalue weighted by Gasteiger charge is -2.44. The van der Waals surface area contributed by atoms with Crippen molar-refractivity contribution in [2.75, 3.05) is 13.1 Å². The van der Waals surface area contributed by atoms with Crippen LogP contribution in [0.4, 0.5) is 4.39 Å². The van der Waals surface area contributed by atoms with E-state index in [0.717, 1.165) is 9.69 Å². The van der Waals surface area contributed by atoms with E-state index in [1.54, 1.807) is 25.1 Å². The number of hydrogen-bond donors (Lipinski definition) is 1. The van der Waals surface area contributed by atoms with E-state index in [-0.39, 0.29) is 30.8 Å². The van der Waals surface area contributed by atoms with E-state index in [4.69, 9.17) is 11.6 Å². The average Bonchev–Trinajstić information content (AvgIpc) is 3.21. The molecule has 0 bridgehead atoms. The molecule has 12 heteroatoms. The maximum Gasteiger partial charge on any atom is 0.303 e. The van der Waals surface area contributed by atoms with Gasteiger partial charge < -0.3 is 14.9 Å². The van der Waals surface area contributed by atoms with Gasteiger partial charge in [-0.1, -0.05) is 42.5 Å². The third kappa shape index (κ3) is 5.66. The number of rotatable bonds is 9. The second kappa shape index (κ2) is 11.4. The lowest BCUT2D eigenvalue weighted by molar-refractivity contribution is -0.152. The number of carboxylic acid groups (broad SMARTS) is 1. The molecule has 0 spiro atoms. The standard InChI is InChI=1S/C29H29ClFN3O6S/c1-18(30)16-32-17-26-33(25(28(32)37)14-19-6-9-22(31)10-7-19)29(38)24(12-13-27(35)36)34(26)41(39,40)23-11-8-20-4-2-3-5-21(20)15-23/h2-11,15,18,24-26H,12-14,16-17H2,1H3,(H,35,36)/t18?,24-,25-,26-/m0/s1. The molecule has 3 aromatic carbocycles. The molecule has 1 unspecified atom stereocenters. The van der Waals surface area contributed by atoms with Crippen LogP contribution in [0.2, 0.25) is 0 Å². The van der Waals surface area contributed by atoms with Crippen LogP contribution in [0.1, 0.15) is 25.3 Å². The number of carbonyl (C=O) groups is 3. The Morgan fingerprint density at radius 1 is 1.02 bits per heavy atom. The molecule has 2 aliphatic heterocycles. The van der Waals surface area contributed by atoms with Crippen molar-refractivity contribution >= 4 is 50.2 Å². The summed E-state index contributed by atoms with van der Waals surface area (Å²) in [6, 6.07) is 15.0. The fourth-order valence-corrected chi connectivity index (χ4v) is 7.64. The largest absolute Gasteiger partial charge is 0.481 e. The molecular weight excluding hydrogens is 573 g/mol. The highest BCUT2D eigenvalue weighted by molar-refractivity contribution is 7.89. The van der Waals surface area contributed by atoms with Crippen LogP contribution in [0.25, 0.3) is 10.8 Å². The number of fused-ring (bicyclic) bond motifs is 2. The summed E-state index contributed by atoms with van der Waals surface area (Å²) in [4.78, 5) is 41.8. The number of carbonyl (C=O) groups excluding carboxylic acids is 2. The van der Waals surface area contributed by atoms with Gasteiger partial charge in [0.25, 0.3) is 0 Å². The van der Waals surface area contributed by atoms with Gasteiger partial charge in [-0.2, -0.15) is 4.31 Å². The smallest absolute Gasteiger partial charge is 0.303 e. The molecule has 5 rings (SSSR count). The fraction of sp³-hybridized carbons (Fsp3) is 0.345. The minimum atomic E-state index is -4.34. The van der Waals surface area contributed by atoms with Crippen LogP contribution in [0.5, 0.6) is 0 Å². The Bertz CT molecular complexity index is 1600. The molecule has 4 atom stereocenters. The van der Waals surface area contributed by atoms with Crippen LogP contribution in [-0.2, 0) is 30.8 Å². The predicted octanol–water partition coefficient (Wildman–Crippen LogP) is 3.45.